The van der Waals surface area contributed by atoms with Crippen molar-refractivity contribution in [2.24, 2.45) is 0 Å². The third kappa shape index (κ3) is 2.89. The summed E-state index contributed by atoms with van der Waals surface area (Å²) in [6.45, 7) is 0. The average molecular weight is 334 g/mol. The van der Waals surface area contributed by atoms with Crippen LogP contribution in [0, 0.1) is 0 Å². The molecule has 0 N–H and O–H groups in total. The first-order valence-electron chi connectivity index (χ1n) is 5.18. The van der Waals surface area contributed by atoms with Gasteiger partial charge in [0, 0.05) is 17.6 Å². The number of halogens is 2. The molecule has 0 aromatic heterocycles. The zero-order valence-electron chi connectivity index (χ0n) is 10.1. The summed E-state index contributed by atoms with van der Waals surface area (Å²) < 4.78 is 5.75. The lowest BCUT2D eigenvalue weighted by Gasteiger charge is -2.08. The minimum atomic E-state index is -0.145. The predicted octanol–water partition coefficient (Wildman–Crippen LogP) is 3.83. The third-order valence-corrected chi connectivity index (χ3v) is 4.50. The Morgan fingerprint density at radius 2 is 2.11 bits per heavy atom. The second kappa shape index (κ2) is 5.71. The Hall–Kier alpha value is -0.750. The van der Waals surface area contributed by atoms with Gasteiger partial charge in [-0.15, -0.1) is 0 Å². The molecule has 1 aliphatic heterocycles. The minimum Gasteiger partial charge on any atom is -0.495 e. The van der Waals surface area contributed by atoms with Gasteiger partial charge in [-0.25, -0.2) is 0 Å². The second-order valence-corrected chi connectivity index (χ2v) is 6.27. The van der Waals surface area contributed by atoms with Crippen LogP contribution in [-0.2, 0) is 4.79 Å². The number of likely N-dealkylation sites (N-methyl/N-ethyl adjacent to an activating group) is 1. The van der Waals surface area contributed by atoms with Crippen LogP contribution in [0.3, 0.4) is 0 Å². The largest absolute Gasteiger partial charge is 0.495 e. The second-order valence-electron chi connectivity index (χ2n) is 3.75. The summed E-state index contributed by atoms with van der Waals surface area (Å²) in [6, 6.07) is 3.28. The molecule has 0 bridgehead atoms. The lowest BCUT2D eigenvalue weighted by Crippen LogP contribution is -2.22. The van der Waals surface area contributed by atoms with Crippen molar-refractivity contribution in [1.29, 1.82) is 0 Å². The molecule has 0 unspecified atom stereocenters. The highest BCUT2D eigenvalue weighted by Crippen LogP contribution is 2.37. The SMILES string of the molecule is COc1c(Cl)cc(Cl)cc1/C=C1\SC(=S)N(C)C1=O. The zero-order chi connectivity index (χ0) is 14.2. The Kier molecular flexibility index (Phi) is 4.40. The lowest BCUT2D eigenvalue weighted by molar-refractivity contribution is -0.121. The Bertz CT molecular complexity index is 602. The van der Waals surface area contributed by atoms with Crippen LogP contribution in [0.5, 0.6) is 5.75 Å². The first kappa shape index (κ1) is 14.7. The lowest BCUT2D eigenvalue weighted by atomic mass is 10.2. The Morgan fingerprint density at radius 1 is 1.42 bits per heavy atom. The van der Waals surface area contributed by atoms with E-state index in [0.29, 0.717) is 30.6 Å². The number of amides is 1. The van der Waals surface area contributed by atoms with E-state index in [4.69, 9.17) is 40.2 Å². The molecule has 1 heterocycles. The van der Waals surface area contributed by atoms with E-state index in [0.717, 1.165) is 0 Å². The van der Waals surface area contributed by atoms with Gasteiger partial charge in [-0.05, 0) is 18.2 Å². The van der Waals surface area contributed by atoms with E-state index in [2.05, 4.69) is 0 Å². The molecular formula is C12H9Cl2NO2S2. The van der Waals surface area contributed by atoms with Gasteiger partial charge < -0.3 is 4.74 Å². The van der Waals surface area contributed by atoms with Gasteiger partial charge in [-0.1, -0.05) is 47.2 Å². The molecular weight excluding hydrogens is 325 g/mol. The molecule has 0 radical (unpaired) electrons. The first-order valence-corrected chi connectivity index (χ1v) is 7.16. The first-order chi connectivity index (χ1) is 8.93. The highest BCUT2D eigenvalue weighted by Gasteiger charge is 2.29. The van der Waals surface area contributed by atoms with Gasteiger partial charge >= 0.3 is 0 Å². The molecule has 0 aliphatic carbocycles. The van der Waals surface area contributed by atoms with Crippen LogP contribution in [0.1, 0.15) is 5.56 Å². The highest BCUT2D eigenvalue weighted by molar-refractivity contribution is 8.26. The fourth-order valence-electron chi connectivity index (χ4n) is 1.59. The predicted molar refractivity (Wildman–Crippen MR) is 84.0 cm³/mol. The van der Waals surface area contributed by atoms with Crippen molar-refractivity contribution in [3.05, 3.63) is 32.6 Å². The zero-order valence-corrected chi connectivity index (χ0v) is 13.2. The smallest absolute Gasteiger partial charge is 0.265 e. The summed E-state index contributed by atoms with van der Waals surface area (Å²) in [5.41, 5.74) is 0.647. The molecule has 100 valence electrons. The Balaban J connectivity index is 2.49. The van der Waals surface area contributed by atoms with Gasteiger partial charge in [0.15, 0.2) is 0 Å². The van der Waals surface area contributed by atoms with Crippen LogP contribution in [0.2, 0.25) is 10.0 Å². The molecule has 1 saturated heterocycles. The molecule has 2 rings (SSSR count). The minimum absolute atomic E-state index is 0.145. The molecule has 7 heteroatoms. The molecule has 3 nitrogen and oxygen atoms in total. The number of rotatable bonds is 2. The Morgan fingerprint density at radius 3 is 2.63 bits per heavy atom. The number of carbonyl (C=O) groups is 1. The van der Waals surface area contributed by atoms with E-state index in [-0.39, 0.29) is 5.91 Å². The fraction of sp³-hybridized carbons (Fsp3) is 0.167. The number of nitrogens with zero attached hydrogens (tertiary/aromatic N) is 1. The van der Waals surface area contributed by atoms with E-state index in [1.807, 2.05) is 0 Å². The van der Waals surface area contributed by atoms with Crippen molar-refractivity contribution in [3.8, 4) is 5.75 Å². The molecule has 1 fully saturated rings. The summed E-state index contributed by atoms with van der Waals surface area (Å²) >= 11 is 18.3. The normalized spacial score (nSPS) is 17.5. The van der Waals surface area contributed by atoms with Gasteiger partial charge in [0.2, 0.25) is 0 Å². The van der Waals surface area contributed by atoms with Gasteiger partial charge in [0.1, 0.15) is 10.1 Å². The number of hydrogen-bond acceptors (Lipinski definition) is 4. The standard InChI is InChI=1S/C12H9Cl2NO2S2/c1-15-11(16)9(19-12(15)18)4-6-3-7(13)5-8(14)10(6)17-2/h3-5H,1-2H3/b9-4-. The number of ether oxygens (including phenoxy) is 1. The quantitative estimate of drug-likeness (QED) is 0.607. The Labute approximate surface area is 130 Å². The van der Waals surface area contributed by atoms with Crippen LogP contribution in [0.15, 0.2) is 17.0 Å². The average Bonchev–Trinajstić information content (AvgIpc) is 2.57. The van der Waals surface area contributed by atoms with Crippen LogP contribution in [0.25, 0.3) is 6.08 Å². The van der Waals surface area contributed by atoms with Crippen LogP contribution in [0.4, 0.5) is 0 Å². The number of methoxy groups -OCH3 is 1. The monoisotopic (exact) mass is 333 g/mol. The number of carbonyl (C=O) groups excluding carboxylic acids is 1. The van der Waals surface area contributed by atoms with Crippen molar-refractivity contribution < 1.29 is 9.53 Å². The van der Waals surface area contributed by atoms with Gasteiger partial charge in [0.05, 0.1) is 17.0 Å². The summed E-state index contributed by atoms with van der Waals surface area (Å²) in [4.78, 5) is 13.9. The van der Waals surface area contributed by atoms with Crippen LogP contribution in [-0.4, -0.2) is 29.3 Å². The third-order valence-electron chi connectivity index (χ3n) is 2.51. The number of thioether (sulfide) groups is 1. The van der Waals surface area contributed by atoms with Gasteiger partial charge in [-0.3, -0.25) is 9.69 Å². The highest BCUT2D eigenvalue weighted by atomic mass is 35.5. The molecule has 1 aliphatic rings. The topological polar surface area (TPSA) is 29.5 Å². The van der Waals surface area contributed by atoms with Crippen molar-refractivity contribution in [2.75, 3.05) is 14.2 Å². The van der Waals surface area contributed by atoms with Gasteiger partial charge in [-0.2, -0.15) is 0 Å². The van der Waals surface area contributed by atoms with Crippen molar-refractivity contribution in [1.82, 2.24) is 4.90 Å². The van der Waals surface area contributed by atoms with Crippen molar-refractivity contribution in [3.63, 3.8) is 0 Å². The molecule has 1 amide bonds. The number of benzene rings is 1. The number of thiocarbonyl (C=S) groups is 1. The maximum atomic E-state index is 11.9. The van der Waals surface area contributed by atoms with E-state index in [9.17, 15) is 4.79 Å². The summed E-state index contributed by atoms with van der Waals surface area (Å²) in [5, 5.41) is 0.872. The van der Waals surface area contributed by atoms with E-state index in [1.54, 1.807) is 25.3 Å². The van der Waals surface area contributed by atoms with Gasteiger partial charge in [0.25, 0.3) is 5.91 Å². The van der Waals surface area contributed by atoms with E-state index < -0.39 is 0 Å². The van der Waals surface area contributed by atoms with E-state index in [1.165, 1.54) is 23.8 Å². The molecule has 0 spiro atoms. The van der Waals surface area contributed by atoms with Crippen molar-refractivity contribution >= 4 is 63.5 Å². The van der Waals surface area contributed by atoms with Crippen molar-refractivity contribution in [2.45, 2.75) is 0 Å². The molecule has 19 heavy (non-hydrogen) atoms. The summed E-state index contributed by atoms with van der Waals surface area (Å²) in [7, 11) is 3.15. The maximum Gasteiger partial charge on any atom is 0.265 e. The molecule has 1 aromatic carbocycles. The van der Waals surface area contributed by atoms with Crippen LogP contribution < -0.4 is 4.74 Å². The molecule has 0 atom stereocenters. The summed E-state index contributed by atoms with van der Waals surface area (Å²) in [5.74, 6) is 0.334. The molecule has 1 aromatic rings. The molecule has 0 saturated carbocycles. The van der Waals surface area contributed by atoms with Crippen LogP contribution >= 0.6 is 47.2 Å². The maximum absolute atomic E-state index is 11.9. The number of hydrogen-bond donors (Lipinski definition) is 0. The summed E-state index contributed by atoms with van der Waals surface area (Å²) in [6.07, 6.45) is 1.68. The van der Waals surface area contributed by atoms with E-state index >= 15 is 0 Å². The fourth-order valence-corrected chi connectivity index (χ4v) is 3.35.